The predicted molar refractivity (Wildman–Crippen MR) is 103 cm³/mol. The van der Waals surface area contributed by atoms with E-state index in [-0.39, 0.29) is 23.5 Å². The summed E-state index contributed by atoms with van der Waals surface area (Å²) in [5.41, 5.74) is 2.06. The van der Waals surface area contributed by atoms with E-state index < -0.39 is 6.09 Å². The van der Waals surface area contributed by atoms with E-state index in [1.54, 1.807) is 23.9 Å². The van der Waals surface area contributed by atoms with Crippen molar-refractivity contribution in [2.24, 2.45) is 5.92 Å². The van der Waals surface area contributed by atoms with Crippen molar-refractivity contribution >= 4 is 23.7 Å². The van der Waals surface area contributed by atoms with Gasteiger partial charge in [-0.15, -0.1) is 0 Å². The number of ether oxygens (including phenoxy) is 1. The Bertz CT molecular complexity index is 809. The van der Waals surface area contributed by atoms with E-state index >= 15 is 0 Å². The van der Waals surface area contributed by atoms with Gasteiger partial charge in [0.2, 0.25) is 5.91 Å². The van der Waals surface area contributed by atoms with Gasteiger partial charge in [0.05, 0.1) is 13.1 Å². The van der Waals surface area contributed by atoms with Gasteiger partial charge < -0.3 is 19.9 Å². The Labute approximate surface area is 164 Å². The van der Waals surface area contributed by atoms with Crippen LogP contribution in [0.2, 0.25) is 0 Å². The molecule has 8 nitrogen and oxygen atoms in total. The van der Waals surface area contributed by atoms with Gasteiger partial charge in [0.1, 0.15) is 6.10 Å². The van der Waals surface area contributed by atoms with Crippen molar-refractivity contribution < 1.29 is 19.1 Å². The maximum atomic E-state index is 12.2. The quantitative estimate of drug-likeness (QED) is 0.848. The molecule has 3 atom stereocenters. The summed E-state index contributed by atoms with van der Waals surface area (Å²) >= 11 is 0. The molecule has 0 aromatic heterocycles. The van der Waals surface area contributed by atoms with Crippen LogP contribution >= 0.6 is 0 Å². The number of amides is 4. The minimum absolute atomic E-state index is 0.0592. The van der Waals surface area contributed by atoms with Crippen LogP contribution in [0.3, 0.4) is 0 Å². The molecule has 0 spiro atoms. The molecule has 3 fully saturated rings. The number of cyclic esters (lactones) is 1. The molecule has 0 radical (unpaired) electrons. The fourth-order valence-corrected chi connectivity index (χ4v) is 4.43. The van der Waals surface area contributed by atoms with Crippen LogP contribution in [0.15, 0.2) is 24.3 Å². The summed E-state index contributed by atoms with van der Waals surface area (Å²) in [7, 11) is 3.56. The van der Waals surface area contributed by atoms with Crippen LogP contribution < -0.4 is 10.2 Å². The number of carbonyl (C=O) groups is 3. The van der Waals surface area contributed by atoms with Crippen LogP contribution in [-0.4, -0.2) is 74.2 Å². The van der Waals surface area contributed by atoms with Gasteiger partial charge in [0, 0.05) is 45.2 Å². The highest BCUT2D eigenvalue weighted by molar-refractivity contribution is 5.89. The highest BCUT2D eigenvalue weighted by Gasteiger charge is 2.61. The largest absolute Gasteiger partial charge is 0.442 e. The Morgan fingerprint density at radius 2 is 1.96 bits per heavy atom. The van der Waals surface area contributed by atoms with Gasteiger partial charge in [0.15, 0.2) is 0 Å². The van der Waals surface area contributed by atoms with Crippen LogP contribution in [0, 0.1) is 5.92 Å². The minimum atomic E-state index is -0.394. The maximum absolute atomic E-state index is 12.2. The van der Waals surface area contributed by atoms with E-state index in [0.29, 0.717) is 19.0 Å². The number of hydrogen-bond acceptors (Lipinski definition) is 4. The third-order valence-corrected chi connectivity index (χ3v) is 6.01. The molecule has 150 valence electrons. The molecular weight excluding hydrogens is 360 g/mol. The summed E-state index contributed by atoms with van der Waals surface area (Å²) in [6.07, 6.45) is 0.366. The molecule has 1 aliphatic carbocycles. The van der Waals surface area contributed by atoms with Crippen molar-refractivity contribution in [1.82, 2.24) is 15.1 Å². The lowest BCUT2D eigenvalue weighted by Gasteiger charge is -2.25. The van der Waals surface area contributed by atoms with Crippen molar-refractivity contribution in [2.45, 2.75) is 24.9 Å². The normalized spacial score (nSPS) is 28.0. The zero-order valence-electron chi connectivity index (χ0n) is 16.5. The number of likely N-dealkylation sites (tertiary alicyclic amines) is 1. The van der Waals surface area contributed by atoms with E-state index in [9.17, 15) is 14.4 Å². The molecule has 4 rings (SSSR count). The van der Waals surface area contributed by atoms with Crippen molar-refractivity contribution in [3.63, 3.8) is 0 Å². The van der Waals surface area contributed by atoms with Crippen LogP contribution in [0.5, 0.6) is 0 Å². The monoisotopic (exact) mass is 386 g/mol. The second-order valence-corrected chi connectivity index (χ2v) is 8.22. The Balaban J connectivity index is 1.42. The Morgan fingerprint density at radius 1 is 1.25 bits per heavy atom. The standard InChI is InChI=1S/C20H26N4O4/c1-13(25)21-9-17-11-24(19(27)28-17)16-6-4-14(5-7-16)20-8-15(20)10-23(12-20)18(26)22(2)3/h4-7,15,17H,8-12H2,1-3H3,(H,21,25)/t15?,17-,20?/m0/s1. The number of piperidine rings is 1. The lowest BCUT2D eigenvalue weighted by molar-refractivity contribution is -0.119. The van der Waals surface area contributed by atoms with Gasteiger partial charge in [-0.05, 0) is 30.0 Å². The Hall–Kier alpha value is -2.77. The number of rotatable bonds is 4. The first-order valence-electron chi connectivity index (χ1n) is 9.59. The molecule has 1 N–H and O–H groups in total. The van der Waals surface area contributed by atoms with Gasteiger partial charge in [-0.2, -0.15) is 0 Å². The molecule has 0 bridgehead atoms. The van der Waals surface area contributed by atoms with Crippen LogP contribution in [0.25, 0.3) is 0 Å². The van der Waals surface area contributed by atoms with E-state index in [0.717, 1.165) is 25.2 Å². The first-order valence-corrected chi connectivity index (χ1v) is 9.59. The zero-order valence-corrected chi connectivity index (χ0v) is 16.5. The van der Waals surface area contributed by atoms with Gasteiger partial charge in [-0.1, -0.05) is 12.1 Å². The third-order valence-electron chi connectivity index (χ3n) is 6.01. The summed E-state index contributed by atoms with van der Waals surface area (Å²) < 4.78 is 5.32. The summed E-state index contributed by atoms with van der Waals surface area (Å²) in [4.78, 5) is 40.6. The summed E-state index contributed by atoms with van der Waals surface area (Å²) in [5.74, 6) is 0.372. The number of nitrogens with zero attached hydrogens (tertiary/aromatic N) is 3. The number of fused-ring (bicyclic) bond motifs is 1. The smallest absolute Gasteiger partial charge is 0.414 e. The third kappa shape index (κ3) is 3.16. The zero-order chi connectivity index (χ0) is 20.1. The van der Waals surface area contributed by atoms with Crippen LogP contribution in [-0.2, 0) is 14.9 Å². The molecule has 2 aliphatic heterocycles. The molecule has 2 unspecified atom stereocenters. The van der Waals surface area contributed by atoms with Gasteiger partial charge >= 0.3 is 12.1 Å². The van der Waals surface area contributed by atoms with Gasteiger partial charge in [0.25, 0.3) is 0 Å². The highest BCUT2D eigenvalue weighted by Crippen LogP contribution is 2.59. The SMILES string of the molecule is CC(=O)NC[C@H]1CN(c2ccc(C34CC3CN(C(=O)N(C)C)C4)cc2)C(=O)O1. The van der Waals surface area contributed by atoms with Crippen LogP contribution in [0.4, 0.5) is 15.3 Å². The van der Waals surface area contributed by atoms with E-state index in [4.69, 9.17) is 4.74 Å². The summed E-state index contributed by atoms with van der Waals surface area (Å²) in [6, 6.07) is 8.07. The predicted octanol–water partition coefficient (Wildman–Crippen LogP) is 1.40. The number of benzene rings is 1. The number of hydrogen-bond donors (Lipinski definition) is 1. The Morgan fingerprint density at radius 3 is 2.61 bits per heavy atom. The molecule has 1 aromatic carbocycles. The van der Waals surface area contributed by atoms with E-state index in [1.165, 1.54) is 12.5 Å². The summed E-state index contributed by atoms with van der Waals surface area (Å²) in [5, 5.41) is 2.68. The van der Waals surface area contributed by atoms with Gasteiger partial charge in [-0.3, -0.25) is 9.69 Å². The number of urea groups is 1. The molecule has 1 saturated carbocycles. The average molecular weight is 386 g/mol. The molecule has 2 saturated heterocycles. The van der Waals surface area contributed by atoms with Crippen molar-refractivity contribution in [3.05, 3.63) is 29.8 Å². The minimum Gasteiger partial charge on any atom is -0.442 e. The fourth-order valence-electron chi connectivity index (χ4n) is 4.43. The topological polar surface area (TPSA) is 82.2 Å². The number of nitrogens with one attached hydrogen (secondary N) is 1. The first kappa shape index (κ1) is 18.6. The summed E-state index contributed by atoms with van der Waals surface area (Å²) in [6.45, 7) is 3.72. The second kappa shape index (κ2) is 6.68. The molecule has 2 heterocycles. The second-order valence-electron chi connectivity index (χ2n) is 8.22. The average Bonchev–Trinajstić information content (AvgIpc) is 3.04. The molecule has 3 aliphatic rings. The van der Waals surface area contributed by atoms with Crippen molar-refractivity contribution in [1.29, 1.82) is 0 Å². The fraction of sp³-hybridized carbons (Fsp3) is 0.550. The highest BCUT2D eigenvalue weighted by atomic mass is 16.6. The lowest BCUT2D eigenvalue weighted by atomic mass is 9.95. The van der Waals surface area contributed by atoms with Crippen molar-refractivity contribution in [2.75, 3.05) is 45.2 Å². The number of anilines is 1. The molecule has 1 aromatic rings. The van der Waals surface area contributed by atoms with Gasteiger partial charge in [-0.25, -0.2) is 9.59 Å². The van der Waals surface area contributed by atoms with Crippen molar-refractivity contribution in [3.8, 4) is 0 Å². The van der Waals surface area contributed by atoms with Crippen LogP contribution in [0.1, 0.15) is 18.9 Å². The molecule has 28 heavy (non-hydrogen) atoms. The molecule has 8 heteroatoms. The maximum Gasteiger partial charge on any atom is 0.414 e. The Kier molecular flexibility index (Phi) is 4.44. The van der Waals surface area contributed by atoms with E-state index in [1.807, 2.05) is 17.0 Å². The van der Waals surface area contributed by atoms with E-state index in [2.05, 4.69) is 17.4 Å². The number of carbonyl (C=O) groups excluding carboxylic acids is 3. The molecular formula is C20H26N4O4. The lowest BCUT2D eigenvalue weighted by Crippen LogP contribution is -2.40. The first-order chi connectivity index (χ1) is 13.3. The molecule has 4 amide bonds.